The van der Waals surface area contributed by atoms with Gasteiger partial charge in [0.05, 0.1) is 22.2 Å². The first-order valence-corrected chi connectivity index (χ1v) is 18.1. The topological polar surface area (TPSA) is 23.4 Å². The summed E-state index contributed by atoms with van der Waals surface area (Å²) < 4.78 is 15.5. The minimum absolute atomic E-state index is 0.428. The number of hydrogen-bond acceptors (Lipinski definition) is 2. The van der Waals surface area contributed by atoms with Crippen LogP contribution in [0.15, 0.2) is 170 Å². The molecule has 3 nitrogen and oxygen atoms in total. The van der Waals surface area contributed by atoms with Crippen molar-refractivity contribution in [1.82, 2.24) is 4.57 Å². The molecular weight excluding hydrogens is 633 g/mol. The van der Waals surface area contributed by atoms with Crippen molar-refractivity contribution in [1.29, 1.82) is 0 Å². The van der Waals surface area contributed by atoms with Crippen LogP contribution in [0.1, 0.15) is 27.7 Å². The van der Waals surface area contributed by atoms with E-state index in [0.29, 0.717) is 0 Å². The first kappa shape index (κ1) is 32.2. The average Bonchev–Trinajstić information content (AvgIpc) is 3.63. The maximum atomic E-state index is 6.53. The van der Waals surface area contributed by atoms with Crippen LogP contribution in [0.5, 0.6) is 0 Å². The molecule has 2 heterocycles. The molecule has 0 unspecified atom stereocenters. The zero-order valence-electron chi connectivity index (χ0n) is 30.0. The van der Waals surface area contributed by atoms with Gasteiger partial charge in [0, 0.05) is 16.5 Å². The molecule has 0 atom stereocenters. The summed E-state index contributed by atoms with van der Waals surface area (Å²) in [4.78, 5) is 0. The minimum Gasteiger partial charge on any atom is -0.399 e. The Morgan fingerprint density at radius 2 is 0.827 bits per heavy atom. The minimum atomic E-state index is -0.459. The van der Waals surface area contributed by atoms with Crippen molar-refractivity contribution in [2.75, 3.05) is 0 Å². The molecule has 0 radical (unpaired) electrons. The van der Waals surface area contributed by atoms with Crippen molar-refractivity contribution in [3.63, 3.8) is 0 Å². The molecule has 0 spiro atoms. The normalized spacial score (nSPS) is 15.0. The van der Waals surface area contributed by atoms with Gasteiger partial charge in [-0.1, -0.05) is 146 Å². The van der Waals surface area contributed by atoms with Crippen LogP contribution in [-0.2, 0) is 9.31 Å². The van der Waals surface area contributed by atoms with E-state index in [1.165, 1.54) is 55.3 Å². The highest BCUT2D eigenvalue weighted by atomic mass is 16.7. The van der Waals surface area contributed by atoms with Gasteiger partial charge >= 0.3 is 7.12 Å². The van der Waals surface area contributed by atoms with Crippen molar-refractivity contribution in [2.45, 2.75) is 38.9 Å². The molecule has 4 heteroatoms. The molecular formula is C48H40BNO2. The fourth-order valence-corrected chi connectivity index (χ4v) is 7.63. The molecule has 0 amide bonds. The van der Waals surface area contributed by atoms with Crippen LogP contribution in [0, 0.1) is 0 Å². The van der Waals surface area contributed by atoms with Crippen LogP contribution in [0.25, 0.3) is 72.0 Å². The molecule has 0 N–H and O–H groups in total. The van der Waals surface area contributed by atoms with Crippen LogP contribution in [0.3, 0.4) is 0 Å². The molecule has 52 heavy (non-hydrogen) atoms. The van der Waals surface area contributed by atoms with E-state index in [1.807, 2.05) is 0 Å². The maximum absolute atomic E-state index is 6.53. The van der Waals surface area contributed by atoms with E-state index in [2.05, 4.69) is 202 Å². The lowest BCUT2D eigenvalue weighted by atomic mass is 9.79. The fraction of sp³-hybridized carbons (Fsp3) is 0.125. The first-order valence-electron chi connectivity index (χ1n) is 18.1. The van der Waals surface area contributed by atoms with E-state index in [4.69, 9.17) is 9.31 Å². The number of benzene rings is 7. The van der Waals surface area contributed by atoms with Gasteiger partial charge in [-0.2, -0.15) is 0 Å². The zero-order valence-corrected chi connectivity index (χ0v) is 30.0. The summed E-state index contributed by atoms with van der Waals surface area (Å²) in [6, 6.07) is 61.2. The summed E-state index contributed by atoms with van der Waals surface area (Å²) in [5.41, 5.74) is 13.1. The van der Waals surface area contributed by atoms with Crippen molar-refractivity contribution < 1.29 is 9.31 Å². The molecule has 7 aromatic carbocycles. The highest BCUT2D eigenvalue weighted by molar-refractivity contribution is 6.62. The number of hydrogen-bond donors (Lipinski definition) is 0. The summed E-state index contributed by atoms with van der Waals surface area (Å²) in [6.07, 6.45) is 0. The molecule has 1 aromatic heterocycles. The molecule has 252 valence electrons. The second-order valence-electron chi connectivity index (χ2n) is 14.8. The van der Waals surface area contributed by atoms with E-state index in [9.17, 15) is 0 Å². The Morgan fingerprint density at radius 1 is 0.404 bits per heavy atom. The van der Waals surface area contributed by atoms with Crippen LogP contribution in [-0.4, -0.2) is 22.9 Å². The van der Waals surface area contributed by atoms with Gasteiger partial charge in [0.15, 0.2) is 0 Å². The number of rotatable bonds is 6. The Hall–Kier alpha value is -5.68. The monoisotopic (exact) mass is 673 g/mol. The van der Waals surface area contributed by atoms with Crippen molar-refractivity contribution in [2.24, 2.45) is 0 Å². The van der Waals surface area contributed by atoms with E-state index in [1.54, 1.807) is 0 Å². The Bertz CT molecular complexity index is 2430. The van der Waals surface area contributed by atoms with Gasteiger partial charge < -0.3 is 13.9 Å². The van der Waals surface area contributed by atoms with Crippen LogP contribution in [0.2, 0.25) is 0 Å². The lowest BCUT2D eigenvalue weighted by Crippen LogP contribution is -2.41. The Kier molecular flexibility index (Phi) is 7.77. The molecule has 8 aromatic rings. The summed E-state index contributed by atoms with van der Waals surface area (Å²) in [5, 5.41) is 2.42. The number of aromatic nitrogens is 1. The summed E-state index contributed by atoms with van der Waals surface area (Å²) in [7, 11) is -0.459. The SMILES string of the molecule is CC1(C)OB(c2cccc(-n3c4cc(-c5ccccc5-c5ccccc5)ccc4c4ccc(-c5ccccc5-c5ccccc5)cc43)c2)OC1(C)C. The summed E-state index contributed by atoms with van der Waals surface area (Å²) in [5.74, 6) is 0. The van der Waals surface area contributed by atoms with Gasteiger partial charge in [0.1, 0.15) is 0 Å². The predicted octanol–water partition coefficient (Wildman–Crippen LogP) is 11.8. The highest BCUT2D eigenvalue weighted by Gasteiger charge is 2.51. The van der Waals surface area contributed by atoms with E-state index in [-0.39, 0.29) is 0 Å². The van der Waals surface area contributed by atoms with Gasteiger partial charge in [0.2, 0.25) is 0 Å². The molecule has 1 fully saturated rings. The third-order valence-electron chi connectivity index (χ3n) is 11.1. The third kappa shape index (κ3) is 5.47. The second-order valence-corrected chi connectivity index (χ2v) is 14.8. The second kappa shape index (κ2) is 12.5. The summed E-state index contributed by atoms with van der Waals surface area (Å²) in [6.45, 7) is 8.42. The van der Waals surface area contributed by atoms with Gasteiger partial charge in [-0.05, 0) is 102 Å². The van der Waals surface area contributed by atoms with Crippen LogP contribution >= 0.6 is 0 Å². The number of fused-ring (bicyclic) bond motifs is 3. The lowest BCUT2D eigenvalue weighted by Gasteiger charge is -2.32. The zero-order chi connectivity index (χ0) is 35.5. The van der Waals surface area contributed by atoms with Crippen LogP contribution < -0.4 is 5.46 Å². The van der Waals surface area contributed by atoms with Gasteiger partial charge in [0.25, 0.3) is 0 Å². The Balaban J connectivity index is 1.27. The van der Waals surface area contributed by atoms with Crippen molar-refractivity contribution in [3.05, 3.63) is 170 Å². The quantitative estimate of drug-likeness (QED) is 0.164. The van der Waals surface area contributed by atoms with Crippen LogP contribution in [0.4, 0.5) is 0 Å². The molecule has 0 saturated carbocycles. The van der Waals surface area contributed by atoms with E-state index in [0.717, 1.165) is 22.2 Å². The van der Waals surface area contributed by atoms with E-state index < -0.39 is 18.3 Å². The summed E-state index contributed by atoms with van der Waals surface area (Å²) >= 11 is 0. The van der Waals surface area contributed by atoms with Gasteiger partial charge in [-0.25, -0.2) is 0 Å². The highest BCUT2D eigenvalue weighted by Crippen LogP contribution is 2.41. The molecule has 1 saturated heterocycles. The Morgan fingerprint density at radius 3 is 1.29 bits per heavy atom. The van der Waals surface area contributed by atoms with E-state index >= 15 is 0 Å². The maximum Gasteiger partial charge on any atom is 0.494 e. The Labute approximate surface area is 306 Å². The molecule has 0 aliphatic carbocycles. The standard InChI is InChI=1S/C48H40BNO2/c1-47(2)48(3,4)52-49(51-47)37-20-15-21-38(32-37)50-45-30-35(41-24-13-11-22-39(41)33-16-7-5-8-17-33)26-28-43(45)44-29-27-36(31-46(44)50)42-25-14-12-23-40(42)34-18-9-6-10-19-34/h5-32H,1-4H3. The molecule has 1 aliphatic heterocycles. The van der Waals surface area contributed by atoms with Crippen molar-refractivity contribution in [3.8, 4) is 50.2 Å². The smallest absolute Gasteiger partial charge is 0.399 e. The molecule has 1 aliphatic rings. The van der Waals surface area contributed by atoms with Gasteiger partial charge in [-0.3, -0.25) is 0 Å². The van der Waals surface area contributed by atoms with Crippen molar-refractivity contribution >= 4 is 34.4 Å². The first-order chi connectivity index (χ1) is 25.3. The average molecular weight is 674 g/mol. The third-order valence-corrected chi connectivity index (χ3v) is 11.1. The largest absolute Gasteiger partial charge is 0.494 e. The van der Waals surface area contributed by atoms with Gasteiger partial charge in [-0.15, -0.1) is 0 Å². The molecule has 0 bridgehead atoms. The predicted molar refractivity (Wildman–Crippen MR) is 218 cm³/mol. The number of nitrogens with zero attached hydrogens (tertiary/aromatic N) is 1. The molecule has 9 rings (SSSR count). The fourth-order valence-electron chi connectivity index (χ4n) is 7.63. The lowest BCUT2D eigenvalue weighted by molar-refractivity contribution is 0.00578.